The minimum Gasteiger partial charge on any atom is -0.479 e. The Balaban J connectivity index is 3.07. The van der Waals surface area contributed by atoms with Gasteiger partial charge in [0.2, 0.25) is 5.88 Å². The third kappa shape index (κ3) is 1.51. The smallest absolute Gasteiger partial charge is 0.250 e. The van der Waals surface area contributed by atoms with Crippen molar-refractivity contribution in [3.05, 3.63) is 23.6 Å². The molecule has 0 saturated heterocycles. The third-order valence-electron chi connectivity index (χ3n) is 1.40. The van der Waals surface area contributed by atoms with Crippen LogP contribution in [0.4, 0.5) is 4.39 Å². The van der Waals surface area contributed by atoms with E-state index in [9.17, 15) is 4.39 Å². The highest BCUT2D eigenvalue weighted by atomic mass is 19.1. The van der Waals surface area contributed by atoms with E-state index >= 15 is 0 Å². The molecule has 0 N–H and O–H groups in total. The fourth-order valence-corrected chi connectivity index (χ4v) is 0.826. The van der Waals surface area contributed by atoms with Crippen molar-refractivity contribution < 1.29 is 9.13 Å². The Morgan fingerprint density at radius 3 is 3.08 bits per heavy atom. The highest BCUT2D eigenvalue weighted by molar-refractivity contribution is 5.25. The van der Waals surface area contributed by atoms with Gasteiger partial charge in [-0.1, -0.05) is 0 Å². The number of aromatic nitrogens is 1. The second kappa shape index (κ2) is 3.67. The monoisotopic (exact) mass is 166 g/mol. The summed E-state index contributed by atoms with van der Waals surface area (Å²) in [4.78, 5) is 3.63. The second-order valence-electron chi connectivity index (χ2n) is 2.13. The van der Waals surface area contributed by atoms with Crippen molar-refractivity contribution in [3.8, 4) is 11.9 Å². The van der Waals surface area contributed by atoms with E-state index in [1.165, 1.54) is 19.4 Å². The molecular formula is C8H7FN2O. The maximum atomic E-state index is 13.1. The van der Waals surface area contributed by atoms with Crippen molar-refractivity contribution >= 4 is 0 Å². The van der Waals surface area contributed by atoms with Crippen molar-refractivity contribution in [2.45, 2.75) is 6.42 Å². The van der Waals surface area contributed by atoms with Crippen molar-refractivity contribution in [2.75, 3.05) is 7.11 Å². The molecule has 0 aliphatic carbocycles. The topological polar surface area (TPSA) is 45.9 Å². The fourth-order valence-electron chi connectivity index (χ4n) is 0.826. The first-order chi connectivity index (χ1) is 5.79. The summed E-state index contributed by atoms with van der Waals surface area (Å²) in [5.41, 5.74) is 0.310. The zero-order valence-electron chi connectivity index (χ0n) is 6.54. The highest BCUT2D eigenvalue weighted by Crippen LogP contribution is 2.16. The Labute approximate surface area is 69.4 Å². The Kier molecular flexibility index (Phi) is 2.59. The number of nitriles is 1. The van der Waals surface area contributed by atoms with Gasteiger partial charge >= 0.3 is 0 Å². The standard InChI is InChI=1S/C8H7FN2O/c1-12-8-7(9)6(2-4-10)3-5-11-8/h3,5H,2H2,1H3. The average Bonchev–Trinajstić information content (AvgIpc) is 2.09. The van der Waals surface area contributed by atoms with Gasteiger partial charge in [0, 0.05) is 11.8 Å². The van der Waals surface area contributed by atoms with Crippen LogP contribution in [0.3, 0.4) is 0 Å². The summed E-state index contributed by atoms with van der Waals surface area (Å²) >= 11 is 0. The van der Waals surface area contributed by atoms with E-state index in [2.05, 4.69) is 9.72 Å². The molecule has 0 aliphatic heterocycles. The molecule has 0 aromatic carbocycles. The zero-order chi connectivity index (χ0) is 8.97. The number of hydrogen-bond acceptors (Lipinski definition) is 3. The van der Waals surface area contributed by atoms with E-state index in [1.807, 2.05) is 6.07 Å². The molecule has 1 heterocycles. The Bertz CT molecular complexity index is 319. The number of ether oxygens (including phenoxy) is 1. The lowest BCUT2D eigenvalue weighted by atomic mass is 10.2. The molecule has 4 heteroatoms. The van der Waals surface area contributed by atoms with Gasteiger partial charge in [0.1, 0.15) is 0 Å². The number of methoxy groups -OCH3 is 1. The molecule has 0 fully saturated rings. The van der Waals surface area contributed by atoms with Crippen LogP contribution in [-0.4, -0.2) is 12.1 Å². The Morgan fingerprint density at radius 1 is 1.75 bits per heavy atom. The van der Waals surface area contributed by atoms with Crippen LogP contribution in [0.1, 0.15) is 5.56 Å². The summed E-state index contributed by atoms with van der Waals surface area (Å²) in [7, 11) is 1.33. The number of pyridine rings is 1. The van der Waals surface area contributed by atoms with Gasteiger partial charge in [0.25, 0.3) is 0 Å². The number of rotatable bonds is 2. The molecule has 62 valence electrons. The average molecular weight is 166 g/mol. The molecule has 0 atom stereocenters. The Morgan fingerprint density at radius 2 is 2.50 bits per heavy atom. The quantitative estimate of drug-likeness (QED) is 0.665. The third-order valence-corrected chi connectivity index (χ3v) is 1.40. The molecule has 1 aromatic rings. The largest absolute Gasteiger partial charge is 0.479 e. The van der Waals surface area contributed by atoms with Gasteiger partial charge in [-0.15, -0.1) is 0 Å². The van der Waals surface area contributed by atoms with Gasteiger partial charge in [0.15, 0.2) is 5.82 Å². The summed E-state index contributed by atoms with van der Waals surface area (Å²) in [6.07, 6.45) is 1.44. The number of halogens is 1. The first kappa shape index (κ1) is 8.47. The molecular weight excluding hydrogens is 159 g/mol. The van der Waals surface area contributed by atoms with Crippen molar-refractivity contribution in [1.82, 2.24) is 4.98 Å². The molecule has 0 radical (unpaired) electrons. The lowest BCUT2D eigenvalue weighted by molar-refractivity contribution is 0.367. The summed E-state index contributed by atoms with van der Waals surface area (Å²) < 4.78 is 17.8. The van der Waals surface area contributed by atoms with Crippen LogP contribution in [-0.2, 0) is 6.42 Å². The minimum absolute atomic E-state index is 0.0325. The predicted molar refractivity (Wildman–Crippen MR) is 40.1 cm³/mol. The summed E-state index contributed by atoms with van der Waals surface area (Å²) in [5, 5.41) is 8.33. The second-order valence-corrected chi connectivity index (χ2v) is 2.13. The number of hydrogen-bond donors (Lipinski definition) is 0. The lowest BCUT2D eigenvalue weighted by Crippen LogP contribution is -1.96. The number of nitrogens with zero attached hydrogens (tertiary/aromatic N) is 2. The first-order valence-corrected chi connectivity index (χ1v) is 3.34. The van der Waals surface area contributed by atoms with Gasteiger partial charge in [-0.25, -0.2) is 9.37 Å². The minimum atomic E-state index is -0.554. The molecule has 0 bridgehead atoms. The molecule has 3 nitrogen and oxygen atoms in total. The predicted octanol–water partition coefficient (Wildman–Crippen LogP) is 1.30. The summed E-state index contributed by atoms with van der Waals surface area (Å²) in [5.74, 6) is -0.621. The zero-order valence-corrected chi connectivity index (χ0v) is 6.54. The molecule has 0 aliphatic rings. The van der Waals surface area contributed by atoms with Crippen LogP contribution in [0.5, 0.6) is 5.88 Å². The van der Waals surface area contributed by atoms with E-state index in [0.717, 1.165) is 0 Å². The normalized spacial score (nSPS) is 9.08. The Hall–Kier alpha value is -1.63. The summed E-state index contributed by atoms with van der Waals surface area (Å²) in [6, 6.07) is 3.31. The van der Waals surface area contributed by atoms with Crippen LogP contribution in [0, 0.1) is 17.1 Å². The van der Waals surface area contributed by atoms with Gasteiger partial charge < -0.3 is 4.74 Å². The maximum Gasteiger partial charge on any atom is 0.250 e. The van der Waals surface area contributed by atoms with Crippen molar-refractivity contribution in [1.29, 1.82) is 5.26 Å². The van der Waals surface area contributed by atoms with Crippen molar-refractivity contribution in [3.63, 3.8) is 0 Å². The molecule has 1 rings (SSSR count). The van der Waals surface area contributed by atoms with Gasteiger partial charge in [0.05, 0.1) is 19.6 Å². The molecule has 12 heavy (non-hydrogen) atoms. The SMILES string of the molecule is COc1nccc(CC#N)c1F. The van der Waals surface area contributed by atoms with E-state index < -0.39 is 5.82 Å². The van der Waals surface area contributed by atoms with E-state index in [1.54, 1.807) is 0 Å². The van der Waals surface area contributed by atoms with Crippen LogP contribution in [0.15, 0.2) is 12.3 Å². The maximum absolute atomic E-state index is 13.1. The van der Waals surface area contributed by atoms with Gasteiger partial charge in [-0.05, 0) is 6.07 Å². The lowest BCUT2D eigenvalue weighted by Gasteiger charge is -2.01. The summed E-state index contributed by atoms with van der Waals surface area (Å²) in [6.45, 7) is 0. The van der Waals surface area contributed by atoms with E-state index in [4.69, 9.17) is 5.26 Å². The first-order valence-electron chi connectivity index (χ1n) is 3.34. The molecule has 1 aromatic heterocycles. The molecule has 0 amide bonds. The molecule has 0 unspecified atom stereocenters. The molecule has 0 spiro atoms. The van der Waals surface area contributed by atoms with E-state index in [0.29, 0.717) is 5.56 Å². The fraction of sp³-hybridized carbons (Fsp3) is 0.250. The highest BCUT2D eigenvalue weighted by Gasteiger charge is 2.08. The van der Waals surface area contributed by atoms with Gasteiger partial charge in [-0.3, -0.25) is 0 Å². The van der Waals surface area contributed by atoms with Crippen LogP contribution >= 0.6 is 0 Å². The van der Waals surface area contributed by atoms with Crippen LogP contribution in [0.2, 0.25) is 0 Å². The van der Waals surface area contributed by atoms with Gasteiger partial charge in [-0.2, -0.15) is 5.26 Å². The molecule has 0 saturated carbocycles. The van der Waals surface area contributed by atoms with Crippen LogP contribution < -0.4 is 4.74 Å². The van der Waals surface area contributed by atoms with Crippen molar-refractivity contribution in [2.24, 2.45) is 0 Å². The van der Waals surface area contributed by atoms with Crippen LogP contribution in [0.25, 0.3) is 0 Å². The van der Waals surface area contributed by atoms with E-state index in [-0.39, 0.29) is 12.3 Å².